The highest BCUT2D eigenvalue weighted by molar-refractivity contribution is 7.68. The van der Waals surface area contributed by atoms with E-state index in [1.165, 1.54) is 0 Å². The largest absolute Gasteiger partial charge is 0.415 e. The molecule has 4 heteroatoms. The van der Waals surface area contributed by atoms with Crippen LogP contribution >= 0.6 is 0 Å². The lowest BCUT2D eigenvalue weighted by molar-refractivity contribution is 0.0570. The minimum atomic E-state index is -1.48. The van der Waals surface area contributed by atoms with E-state index in [1.54, 1.807) is 0 Å². The van der Waals surface area contributed by atoms with E-state index in [4.69, 9.17) is 4.43 Å². The summed E-state index contributed by atoms with van der Waals surface area (Å²) in [5.41, 5.74) is 0.0565. The topological polar surface area (TPSA) is 9.23 Å². The third-order valence-electron chi connectivity index (χ3n) is 6.65. The molecule has 1 rings (SSSR count). The first-order valence-electron chi connectivity index (χ1n) is 6.41. The Bertz CT molecular complexity index is 275. The van der Waals surface area contributed by atoms with Gasteiger partial charge in [-0.05, 0) is 32.0 Å². The second kappa shape index (κ2) is 3.33. The molecule has 1 nitrogen and oxygen atoms in total. The van der Waals surface area contributed by atoms with Gasteiger partial charge in [0.25, 0.3) is 0 Å². The average molecular weight is 275 g/mol. The van der Waals surface area contributed by atoms with Crippen LogP contribution in [0.4, 0.5) is 0 Å². The molecular weight excluding hydrogens is 244 g/mol. The van der Waals surface area contributed by atoms with Crippen molar-refractivity contribution < 1.29 is 4.43 Å². The van der Waals surface area contributed by atoms with Crippen molar-refractivity contribution in [2.24, 2.45) is 0 Å². The molecule has 0 N–H and O–H groups in total. The first-order chi connectivity index (χ1) is 6.71. The first kappa shape index (κ1) is 14.7. The molecule has 0 aromatic heterocycles. The second-order valence-electron chi connectivity index (χ2n) is 8.00. The summed E-state index contributed by atoms with van der Waals surface area (Å²) in [5.74, 6) is 0. The second-order valence-corrected chi connectivity index (χ2v) is 35.3. The van der Waals surface area contributed by atoms with E-state index in [0.717, 1.165) is 0 Å². The molecule has 1 saturated heterocycles. The zero-order chi connectivity index (χ0) is 13.2. The van der Waals surface area contributed by atoms with Gasteiger partial charge in [0, 0.05) is 0 Å². The lowest BCUT2D eigenvalue weighted by Gasteiger charge is -2.66. The van der Waals surface area contributed by atoms with Crippen LogP contribution < -0.4 is 0 Å². The normalized spacial score (nSPS) is 33.4. The zero-order valence-electron chi connectivity index (χ0n) is 12.9. The maximum absolute atomic E-state index is 6.66. The molecular formula is C12H30OSi3. The van der Waals surface area contributed by atoms with E-state index in [9.17, 15) is 0 Å². The summed E-state index contributed by atoms with van der Waals surface area (Å²) in [5, 5.41) is 0.373. The van der Waals surface area contributed by atoms with Crippen LogP contribution in [0.1, 0.15) is 27.7 Å². The summed E-state index contributed by atoms with van der Waals surface area (Å²) in [7, 11) is -3.93. The lowest BCUT2D eigenvalue weighted by atomic mass is 9.94. The highest BCUT2D eigenvalue weighted by Crippen LogP contribution is 2.58. The molecule has 0 radical (unpaired) electrons. The Labute approximate surface area is 105 Å². The van der Waals surface area contributed by atoms with Crippen LogP contribution in [-0.4, -0.2) is 28.1 Å². The van der Waals surface area contributed by atoms with Crippen molar-refractivity contribution in [3.63, 3.8) is 0 Å². The molecule has 0 unspecified atom stereocenters. The Kier molecular flexibility index (Phi) is 3.06. The van der Waals surface area contributed by atoms with Gasteiger partial charge >= 0.3 is 0 Å². The number of hydrogen-bond donors (Lipinski definition) is 0. The van der Waals surface area contributed by atoms with Gasteiger partial charge in [-0.1, -0.05) is 40.0 Å². The van der Waals surface area contributed by atoms with Crippen LogP contribution in [0.5, 0.6) is 0 Å². The first-order valence-corrected chi connectivity index (χ1v) is 17.3. The Morgan fingerprint density at radius 1 is 0.750 bits per heavy atom. The van der Waals surface area contributed by atoms with E-state index < -0.39 is 22.5 Å². The Balaban J connectivity index is 3.43. The molecule has 0 saturated carbocycles. The van der Waals surface area contributed by atoms with Gasteiger partial charge in [0.05, 0.1) is 20.3 Å². The minimum Gasteiger partial charge on any atom is -0.415 e. The van der Waals surface area contributed by atoms with E-state index in [1.807, 2.05) is 0 Å². The zero-order valence-corrected chi connectivity index (χ0v) is 15.9. The Morgan fingerprint density at radius 2 is 1.12 bits per heavy atom. The van der Waals surface area contributed by atoms with Crippen molar-refractivity contribution in [2.45, 2.75) is 77.6 Å². The van der Waals surface area contributed by atoms with Crippen LogP contribution in [0.2, 0.25) is 44.3 Å². The van der Waals surface area contributed by atoms with Gasteiger partial charge in [-0.2, -0.15) is 0 Å². The molecule has 16 heavy (non-hydrogen) atoms. The van der Waals surface area contributed by atoms with Gasteiger partial charge in [0.15, 0.2) is 7.83 Å². The number of rotatable bonds is 0. The number of hydrogen-bond acceptors (Lipinski definition) is 1. The van der Waals surface area contributed by atoms with Gasteiger partial charge in [-0.25, -0.2) is 0 Å². The monoisotopic (exact) mass is 274 g/mol. The quantitative estimate of drug-likeness (QED) is 0.597. The van der Waals surface area contributed by atoms with Gasteiger partial charge in [0.2, 0.25) is 0 Å². The van der Waals surface area contributed by atoms with Crippen LogP contribution in [0.3, 0.4) is 0 Å². The van der Waals surface area contributed by atoms with E-state index >= 15 is 0 Å². The summed E-state index contributed by atoms with van der Waals surface area (Å²) in [6.45, 7) is 24.9. The molecule has 1 aliphatic rings. The fourth-order valence-electron chi connectivity index (χ4n) is 3.18. The molecule has 1 aliphatic heterocycles. The van der Waals surface area contributed by atoms with Crippen LogP contribution in [0.15, 0.2) is 0 Å². The molecule has 0 aliphatic carbocycles. The van der Waals surface area contributed by atoms with E-state index in [0.29, 0.717) is 5.04 Å². The predicted octanol–water partition coefficient (Wildman–Crippen LogP) is 4.35. The minimum absolute atomic E-state index is 0.0565. The maximum atomic E-state index is 6.66. The summed E-state index contributed by atoms with van der Waals surface area (Å²) < 4.78 is 6.66. The predicted molar refractivity (Wildman–Crippen MR) is 81.7 cm³/mol. The molecule has 1 heterocycles. The summed E-state index contributed by atoms with van der Waals surface area (Å²) >= 11 is 0. The molecule has 0 spiro atoms. The molecule has 0 bridgehead atoms. The molecule has 96 valence electrons. The van der Waals surface area contributed by atoms with Crippen molar-refractivity contribution in [3.8, 4) is 0 Å². The van der Waals surface area contributed by atoms with Crippen LogP contribution in [-0.2, 0) is 4.43 Å². The van der Waals surface area contributed by atoms with Crippen molar-refractivity contribution in [3.05, 3.63) is 0 Å². The van der Waals surface area contributed by atoms with E-state index in [2.05, 4.69) is 67.0 Å². The lowest BCUT2D eigenvalue weighted by Crippen LogP contribution is -2.82. The Hall–Kier alpha value is 0.611. The summed E-state index contributed by atoms with van der Waals surface area (Å²) in [4.78, 5) is 0. The third-order valence-corrected chi connectivity index (χ3v) is 49.2. The van der Waals surface area contributed by atoms with Crippen LogP contribution in [0.25, 0.3) is 0 Å². The van der Waals surface area contributed by atoms with Gasteiger partial charge in [-0.3, -0.25) is 0 Å². The highest BCUT2D eigenvalue weighted by Gasteiger charge is 2.68. The van der Waals surface area contributed by atoms with Crippen molar-refractivity contribution >= 4 is 22.5 Å². The molecule has 1 fully saturated rings. The van der Waals surface area contributed by atoms with Gasteiger partial charge in [0.1, 0.15) is 0 Å². The Morgan fingerprint density at radius 3 is 1.50 bits per heavy atom. The van der Waals surface area contributed by atoms with Crippen molar-refractivity contribution in [1.82, 2.24) is 0 Å². The van der Waals surface area contributed by atoms with Crippen LogP contribution in [0, 0.1) is 0 Å². The SMILES string of the molecule is CC1(C)O[Si](C)(C)[Si](C)(C)[Si](C)(C)C1(C)C. The molecule has 0 amide bonds. The standard InChI is InChI=1S/C12H30OSi3/c1-11(2)12(3,4)14(5,6)16(9,10)15(7,8)13-11/h1-10H3. The van der Waals surface area contributed by atoms with Crippen molar-refractivity contribution in [2.75, 3.05) is 0 Å². The van der Waals surface area contributed by atoms with Gasteiger partial charge < -0.3 is 4.43 Å². The average Bonchev–Trinajstić information content (AvgIpc) is 1.98. The molecule has 0 aromatic carbocycles. The highest BCUT2D eigenvalue weighted by atomic mass is 29.6. The van der Waals surface area contributed by atoms with Crippen molar-refractivity contribution in [1.29, 1.82) is 0 Å². The fourth-order valence-corrected chi connectivity index (χ4v) is 38.1. The molecule has 0 atom stereocenters. The maximum Gasteiger partial charge on any atom is 0.172 e. The van der Waals surface area contributed by atoms with Gasteiger partial charge in [-0.15, -0.1) is 0 Å². The summed E-state index contributed by atoms with van der Waals surface area (Å²) in [6.07, 6.45) is 0. The fraction of sp³-hybridized carbons (Fsp3) is 1.00. The third kappa shape index (κ3) is 1.49. The molecule has 0 aromatic rings. The smallest absolute Gasteiger partial charge is 0.172 e. The summed E-state index contributed by atoms with van der Waals surface area (Å²) in [6, 6.07) is 0. The van der Waals surface area contributed by atoms with E-state index in [-0.39, 0.29) is 5.60 Å².